The molecule has 3 nitrogen and oxygen atoms in total. The van der Waals surface area contributed by atoms with E-state index in [0.717, 1.165) is 10.4 Å². The molecule has 96 valence electrons. The molecule has 0 saturated carbocycles. The fraction of sp³-hybridized carbons (Fsp3) is 0. The van der Waals surface area contributed by atoms with Gasteiger partial charge in [0.2, 0.25) is 0 Å². The number of anilines is 1. The van der Waals surface area contributed by atoms with Crippen molar-refractivity contribution >= 4 is 51.8 Å². The van der Waals surface area contributed by atoms with E-state index in [4.69, 9.17) is 33.4 Å². The average Bonchev–Trinajstić information content (AvgIpc) is 2.75. The third kappa shape index (κ3) is 2.66. The number of nitrogen functional groups attached to an aromatic ring is 1. The average molecular weight is 311 g/mol. The normalized spacial score (nSPS) is 11.1. The van der Waals surface area contributed by atoms with E-state index in [9.17, 15) is 0 Å². The second-order valence-electron chi connectivity index (χ2n) is 3.88. The number of oxazole rings is 1. The predicted octanol–water partition coefficient (Wildman–Crippen LogP) is 4.87. The van der Waals surface area contributed by atoms with Crippen molar-refractivity contribution in [3.05, 3.63) is 46.4 Å². The van der Waals surface area contributed by atoms with Crippen molar-refractivity contribution in [1.82, 2.24) is 4.98 Å². The number of hydrogen-bond acceptors (Lipinski definition) is 4. The van der Waals surface area contributed by atoms with Gasteiger partial charge in [0.15, 0.2) is 5.58 Å². The lowest BCUT2D eigenvalue weighted by Gasteiger charge is -2.00. The van der Waals surface area contributed by atoms with E-state index < -0.39 is 0 Å². The lowest BCUT2D eigenvalue weighted by Crippen LogP contribution is -1.81. The summed E-state index contributed by atoms with van der Waals surface area (Å²) in [7, 11) is 0. The van der Waals surface area contributed by atoms with Gasteiger partial charge < -0.3 is 10.2 Å². The summed E-state index contributed by atoms with van der Waals surface area (Å²) in [6.07, 6.45) is 0. The Labute approximate surface area is 123 Å². The number of aromatic nitrogens is 1. The standard InChI is InChI=1S/C13H8Cl2N2OS/c14-7-1-3-9(15)12(5-7)19-13-17-10-4-2-8(16)6-11(10)18-13/h1-6H,16H2. The zero-order valence-corrected chi connectivity index (χ0v) is 11.9. The highest BCUT2D eigenvalue weighted by molar-refractivity contribution is 7.99. The Morgan fingerprint density at radius 1 is 1.11 bits per heavy atom. The predicted molar refractivity (Wildman–Crippen MR) is 79.0 cm³/mol. The lowest BCUT2D eigenvalue weighted by molar-refractivity contribution is 0.489. The van der Waals surface area contributed by atoms with Gasteiger partial charge in [-0.3, -0.25) is 0 Å². The van der Waals surface area contributed by atoms with E-state index in [0.29, 0.717) is 26.5 Å². The molecular weight excluding hydrogens is 303 g/mol. The van der Waals surface area contributed by atoms with E-state index in [-0.39, 0.29) is 0 Å². The summed E-state index contributed by atoms with van der Waals surface area (Å²) in [5, 5.41) is 1.73. The van der Waals surface area contributed by atoms with Gasteiger partial charge in [-0.05, 0) is 42.1 Å². The molecule has 19 heavy (non-hydrogen) atoms. The van der Waals surface area contributed by atoms with Crippen molar-refractivity contribution in [2.24, 2.45) is 0 Å². The number of fused-ring (bicyclic) bond motifs is 1. The smallest absolute Gasteiger partial charge is 0.261 e. The minimum absolute atomic E-state index is 0.504. The summed E-state index contributed by atoms with van der Waals surface area (Å²) >= 11 is 13.4. The summed E-state index contributed by atoms with van der Waals surface area (Å²) in [5.74, 6) is 0. The molecule has 2 N–H and O–H groups in total. The molecule has 0 aliphatic rings. The highest BCUT2D eigenvalue weighted by Gasteiger charge is 2.10. The van der Waals surface area contributed by atoms with Crippen LogP contribution in [0, 0.1) is 0 Å². The fourth-order valence-electron chi connectivity index (χ4n) is 1.61. The molecule has 0 amide bonds. The van der Waals surface area contributed by atoms with Crippen LogP contribution in [-0.2, 0) is 0 Å². The van der Waals surface area contributed by atoms with Crippen LogP contribution in [0.3, 0.4) is 0 Å². The quantitative estimate of drug-likeness (QED) is 0.686. The molecule has 3 rings (SSSR count). The molecule has 0 bridgehead atoms. The number of hydrogen-bond donors (Lipinski definition) is 1. The summed E-state index contributed by atoms with van der Waals surface area (Å²) in [4.78, 5) is 5.16. The Morgan fingerprint density at radius 2 is 1.95 bits per heavy atom. The van der Waals surface area contributed by atoms with Gasteiger partial charge in [-0.1, -0.05) is 23.2 Å². The number of halogens is 2. The summed E-state index contributed by atoms with van der Waals surface area (Å²) < 4.78 is 5.62. The molecule has 0 radical (unpaired) electrons. The zero-order valence-electron chi connectivity index (χ0n) is 9.56. The van der Waals surface area contributed by atoms with Gasteiger partial charge in [0.1, 0.15) is 5.52 Å². The van der Waals surface area contributed by atoms with Crippen LogP contribution in [0.1, 0.15) is 0 Å². The van der Waals surface area contributed by atoms with Gasteiger partial charge in [-0.25, -0.2) is 4.98 Å². The Balaban J connectivity index is 1.98. The molecule has 0 aliphatic carbocycles. The molecule has 0 spiro atoms. The van der Waals surface area contributed by atoms with Gasteiger partial charge in [-0.15, -0.1) is 0 Å². The number of benzene rings is 2. The Hall–Kier alpha value is -1.36. The van der Waals surface area contributed by atoms with E-state index in [2.05, 4.69) is 4.98 Å². The molecule has 2 aromatic carbocycles. The van der Waals surface area contributed by atoms with Gasteiger partial charge >= 0.3 is 0 Å². The highest BCUT2D eigenvalue weighted by atomic mass is 35.5. The van der Waals surface area contributed by atoms with Gasteiger partial charge in [0.05, 0.1) is 5.02 Å². The lowest BCUT2D eigenvalue weighted by atomic mass is 10.3. The van der Waals surface area contributed by atoms with Gasteiger partial charge in [-0.2, -0.15) is 0 Å². The first-order valence-electron chi connectivity index (χ1n) is 5.41. The molecule has 1 heterocycles. The first-order valence-corrected chi connectivity index (χ1v) is 6.98. The summed E-state index contributed by atoms with van der Waals surface area (Å²) in [5.41, 5.74) is 7.75. The number of nitrogens with two attached hydrogens (primary N) is 1. The molecular formula is C13H8Cl2N2OS. The molecule has 0 fully saturated rings. The minimum atomic E-state index is 0.504. The number of nitrogens with zero attached hydrogens (tertiary/aromatic N) is 1. The molecule has 0 atom stereocenters. The summed E-state index contributed by atoms with van der Waals surface area (Å²) in [6.45, 7) is 0. The van der Waals surface area contributed by atoms with E-state index >= 15 is 0 Å². The van der Waals surface area contributed by atoms with Gasteiger partial charge in [0, 0.05) is 21.7 Å². The van der Waals surface area contributed by atoms with Crippen molar-refractivity contribution in [2.45, 2.75) is 10.1 Å². The maximum atomic E-state index is 6.10. The fourth-order valence-corrected chi connectivity index (χ4v) is 2.90. The van der Waals surface area contributed by atoms with Crippen LogP contribution in [0.2, 0.25) is 10.0 Å². The number of rotatable bonds is 2. The first kappa shape index (κ1) is 12.7. The van der Waals surface area contributed by atoms with Crippen LogP contribution in [0.5, 0.6) is 0 Å². The van der Waals surface area contributed by atoms with E-state index in [1.54, 1.807) is 30.3 Å². The Kier molecular flexibility index (Phi) is 3.31. The van der Waals surface area contributed by atoms with Crippen LogP contribution in [0.4, 0.5) is 5.69 Å². The zero-order chi connectivity index (χ0) is 13.4. The molecule has 3 aromatic rings. The monoisotopic (exact) mass is 310 g/mol. The summed E-state index contributed by atoms with van der Waals surface area (Å²) in [6, 6.07) is 10.6. The molecule has 6 heteroatoms. The van der Waals surface area contributed by atoms with Crippen molar-refractivity contribution in [2.75, 3.05) is 5.73 Å². The van der Waals surface area contributed by atoms with E-state index in [1.807, 2.05) is 6.07 Å². The Bertz CT molecular complexity index is 757. The Morgan fingerprint density at radius 3 is 2.79 bits per heavy atom. The topological polar surface area (TPSA) is 52.0 Å². The van der Waals surface area contributed by atoms with Crippen LogP contribution in [0.15, 0.2) is 50.9 Å². The minimum Gasteiger partial charge on any atom is -0.431 e. The first-order chi connectivity index (χ1) is 9.11. The largest absolute Gasteiger partial charge is 0.431 e. The molecule has 0 aliphatic heterocycles. The third-order valence-electron chi connectivity index (χ3n) is 2.48. The molecule has 0 unspecified atom stereocenters. The van der Waals surface area contributed by atoms with Gasteiger partial charge in [0.25, 0.3) is 5.22 Å². The molecule has 0 saturated heterocycles. The molecule has 1 aromatic heterocycles. The van der Waals surface area contributed by atoms with Crippen molar-refractivity contribution < 1.29 is 4.42 Å². The third-order valence-corrected chi connectivity index (χ3v) is 4.07. The van der Waals surface area contributed by atoms with Crippen LogP contribution in [-0.4, -0.2) is 4.98 Å². The van der Waals surface area contributed by atoms with Crippen molar-refractivity contribution in [3.8, 4) is 0 Å². The van der Waals surface area contributed by atoms with E-state index in [1.165, 1.54) is 11.8 Å². The highest BCUT2D eigenvalue weighted by Crippen LogP contribution is 2.36. The SMILES string of the molecule is Nc1ccc2nc(Sc3cc(Cl)ccc3Cl)oc2c1. The van der Waals surface area contributed by atoms with Crippen molar-refractivity contribution in [1.29, 1.82) is 0 Å². The van der Waals surface area contributed by atoms with Crippen LogP contribution < -0.4 is 5.73 Å². The second kappa shape index (κ2) is 4.96. The maximum absolute atomic E-state index is 6.10. The van der Waals surface area contributed by atoms with Crippen LogP contribution >= 0.6 is 35.0 Å². The maximum Gasteiger partial charge on any atom is 0.261 e. The second-order valence-corrected chi connectivity index (χ2v) is 5.72. The van der Waals surface area contributed by atoms with Crippen molar-refractivity contribution in [3.63, 3.8) is 0 Å². The van der Waals surface area contributed by atoms with Crippen LogP contribution in [0.25, 0.3) is 11.1 Å².